The normalized spacial score (nSPS) is 12.2. The number of phenolic OH excluding ortho intramolecular Hbond substituents is 1. The van der Waals surface area contributed by atoms with Gasteiger partial charge in [-0.1, -0.05) is 12.1 Å². The van der Waals surface area contributed by atoms with Gasteiger partial charge in [0, 0.05) is 35.5 Å². The van der Waals surface area contributed by atoms with Gasteiger partial charge in [0.1, 0.15) is 5.75 Å². The van der Waals surface area contributed by atoms with Crippen molar-refractivity contribution >= 4 is 17.2 Å². The molecular formula is C16H19NO2S. The smallest absolute Gasteiger partial charge is 0.254 e. The van der Waals surface area contributed by atoms with Crippen molar-refractivity contribution in [2.75, 3.05) is 7.05 Å². The summed E-state index contributed by atoms with van der Waals surface area (Å²) >= 11 is 1.70. The Morgan fingerprint density at radius 2 is 2.10 bits per heavy atom. The van der Waals surface area contributed by atoms with Crippen LogP contribution in [0.15, 0.2) is 35.7 Å². The number of hydrogen-bond acceptors (Lipinski definition) is 3. The first kappa shape index (κ1) is 14.6. The number of carbonyl (C=O) groups excluding carboxylic acids is 1. The maximum absolute atomic E-state index is 12.5. The Bertz CT molecular complexity index is 593. The molecule has 1 N–H and O–H groups in total. The van der Waals surface area contributed by atoms with Crippen molar-refractivity contribution in [3.05, 3.63) is 51.7 Å². The highest BCUT2D eigenvalue weighted by Gasteiger charge is 2.20. The van der Waals surface area contributed by atoms with E-state index < -0.39 is 0 Å². The molecule has 2 rings (SSSR count). The summed E-state index contributed by atoms with van der Waals surface area (Å²) < 4.78 is 0. The molecule has 0 saturated heterocycles. The quantitative estimate of drug-likeness (QED) is 0.936. The third-order valence-corrected chi connectivity index (χ3v) is 4.49. The number of carbonyl (C=O) groups is 1. The molecular weight excluding hydrogens is 270 g/mol. The average molecular weight is 289 g/mol. The Hall–Kier alpha value is -1.81. The van der Waals surface area contributed by atoms with Crippen molar-refractivity contribution in [2.24, 2.45) is 0 Å². The van der Waals surface area contributed by atoms with Gasteiger partial charge in [-0.15, -0.1) is 11.3 Å². The van der Waals surface area contributed by atoms with Crippen molar-refractivity contribution in [3.8, 4) is 5.75 Å². The topological polar surface area (TPSA) is 40.5 Å². The van der Waals surface area contributed by atoms with E-state index in [9.17, 15) is 9.90 Å². The number of thiophene rings is 1. The number of hydrogen-bond donors (Lipinski definition) is 1. The fourth-order valence-corrected chi connectivity index (χ4v) is 2.93. The molecule has 1 aromatic carbocycles. The lowest BCUT2D eigenvalue weighted by Gasteiger charge is -2.25. The predicted molar refractivity (Wildman–Crippen MR) is 82.4 cm³/mol. The molecule has 0 fully saturated rings. The third kappa shape index (κ3) is 3.02. The van der Waals surface area contributed by atoms with E-state index >= 15 is 0 Å². The summed E-state index contributed by atoms with van der Waals surface area (Å²) in [6.45, 7) is 3.80. The Balaban J connectivity index is 2.13. The number of nitrogens with zero attached hydrogens (tertiary/aromatic N) is 1. The Morgan fingerprint density at radius 3 is 2.75 bits per heavy atom. The molecule has 106 valence electrons. The summed E-state index contributed by atoms with van der Waals surface area (Å²) in [5.41, 5.74) is 1.19. The van der Waals surface area contributed by atoms with Crippen molar-refractivity contribution < 1.29 is 9.90 Å². The molecule has 1 amide bonds. The number of aromatic hydroxyl groups is 1. The van der Waals surface area contributed by atoms with Crippen LogP contribution in [0.25, 0.3) is 0 Å². The van der Waals surface area contributed by atoms with Gasteiger partial charge in [-0.2, -0.15) is 0 Å². The van der Waals surface area contributed by atoms with Gasteiger partial charge in [0.2, 0.25) is 0 Å². The standard InChI is InChI=1S/C16H19NO2S/c1-11(10-13-6-5-9-20-13)17(3)16(19)14-7-4-8-15(18)12(14)2/h4-9,11,18H,10H2,1-3H3. The highest BCUT2D eigenvalue weighted by atomic mass is 32.1. The Kier molecular flexibility index (Phi) is 4.45. The van der Waals surface area contributed by atoms with Crippen LogP contribution in [0.4, 0.5) is 0 Å². The maximum Gasteiger partial charge on any atom is 0.254 e. The van der Waals surface area contributed by atoms with Gasteiger partial charge in [0.15, 0.2) is 0 Å². The number of amides is 1. The van der Waals surface area contributed by atoms with E-state index in [4.69, 9.17) is 0 Å². The number of phenols is 1. The van der Waals surface area contributed by atoms with Crippen LogP contribution in [0.5, 0.6) is 5.75 Å². The fourth-order valence-electron chi connectivity index (χ4n) is 2.10. The van der Waals surface area contributed by atoms with Gasteiger partial charge in [-0.3, -0.25) is 4.79 Å². The van der Waals surface area contributed by atoms with Crippen LogP contribution < -0.4 is 0 Å². The monoisotopic (exact) mass is 289 g/mol. The van der Waals surface area contributed by atoms with Gasteiger partial charge in [-0.25, -0.2) is 0 Å². The van der Waals surface area contributed by atoms with Gasteiger partial charge in [0.05, 0.1) is 0 Å². The zero-order chi connectivity index (χ0) is 14.7. The van der Waals surface area contributed by atoms with E-state index in [0.29, 0.717) is 11.1 Å². The van der Waals surface area contributed by atoms with E-state index in [2.05, 4.69) is 6.07 Å². The van der Waals surface area contributed by atoms with Gasteiger partial charge >= 0.3 is 0 Å². The molecule has 0 spiro atoms. The SMILES string of the molecule is Cc1c(O)cccc1C(=O)N(C)C(C)Cc1cccs1. The molecule has 1 atom stereocenters. The van der Waals surface area contributed by atoms with Crippen LogP contribution in [0.1, 0.15) is 27.7 Å². The molecule has 20 heavy (non-hydrogen) atoms. The number of rotatable bonds is 4. The van der Waals surface area contributed by atoms with E-state index in [1.165, 1.54) is 4.88 Å². The van der Waals surface area contributed by atoms with Crippen molar-refractivity contribution in [1.29, 1.82) is 0 Å². The summed E-state index contributed by atoms with van der Waals surface area (Å²) in [4.78, 5) is 15.5. The van der Waals surface area contributed by atoms with Crippen LogP contribution in [-0.4, -0.2) is 29.0 Å². The largest absolute Gasteiger partial charge is 0.508 e. The van der Waals surface area contributed by atoms with Crippen molar-refractivity contribution in [1.82, 2.24) is 4.90 Å². The third-order valence-electron chi connectivity index (χ3n) is 3.59. The van der Waals surface area contributed by atoms with Crippen LogP contribution in [0.3, 0.4) is 0 Å². The lowest BCUT2D eigenvalue weighted by Crippen LogP contribution is -2.36. The molecule has 0 radical (unpaired) electrons. The van der Waals surface area contributed by atoms with E-state index in [1.54, 1.807) is 41.4 Å². The van der Waals surface area contributed by atoms with Crippen LogP contribution in [0.2, 0.25) is 0 Å². The predicted octanol–water partition coefficient (Wildman–Crippen LogP) is 3.47. The minimum Gasteiger partial charge on any atom is -0.508 e. The molecule has 4 heteroatoms. The lowest BCUT2D eigenvalue weighted by atomic mass is 10.1. The molecule has 3 nitrogen and oxygen atoms in total. The Labute approximate surface area is 123 Å². The summed E-state index contributed by atoms with van der Waals surface area (Å²) in [6.07, 6.45) is 0.845. The Morgan fingerprint density at radius 1 is 1.35 bits per heavy atom. The molecule has 1 heterocycles. The lowest BCUT2D eigenvalue weighted by molar-refractivity contribution is 0.0742. The number of benzene rings is 1. The van der Waals surface area contributed by atoms with Crippen LogP contribution in [-0.2, 0) is 6.42 Å². The van der Waals surface area contributed by atoms with Gasteiger partial charge < -0.3 is 10.0 Å². The van der Waals surface area contributed by atoms with Gasteiger partial charge in [0.25, 0.3) is 5.91 Å². The minimum atomic E-state index is -0.0533. The first-order valence-electron chi connectivity index (χ1n) is 6.59. The molecule has 0 bridgehead atoms. The van der Waals surface area contributed by atoms with E-state index in [-0.39, 0.29) is 17.7 Å². The highest BCUT2D eigenvalue weighted by Crippen LogP contribution is 2.22. The first-order valence-corrected chi connectivity index (χ1v) is 7.46. The zero-order valence-electron chi connectivity index (χ0n) is 12.0. The van der Waals surface area contributed by atoms with Gasteiger partial charge in [-0.05, 0) is 37.4 Å². The molecule has 1 unspecified atom stereocenters. The molecule has 0 aliphatic carbocycles. The fraction of sp³-hybridized carbons (Fsp3) is 0.312. The minimum absolute atomic E-state index is 0.0533. The first-order chi connectivity index (χ1) is 9.50. The molecule has 1 aromatic heterocycles. The summed E-state index contributed by atoms with van der Waals surface area (Å²) in [5.74, 6) is 0.109. The van der Waals surface area contributed by atoms with Crippen LogP contribution >= 0.6 is 11.3 Å². The van der Waals surface area contributed by atoms with E-state index in [1.807, 2.05) is 25.4 Å². The highest BCUT2D eigenvalue weighted by molar-refractivity contribution is 7.09. The number of likely N-dealkylation sites (N-methyl/N-ethyl adjacent to an activating group) is 1. The second-order valence-electron chi connectivity index (χ2n) is 5.00. The summed E-state index contributed by atoms with van der Waals surface area (Å²) in [5, 5.41) is 11.8. The molecule has 0 aliphatic heterocycles. The molecule has 0 saturated carbocycles. The zero-order valence-corrected chi connectivity index (χ0v) is 12.8. The average Bonchev–Trinajstić information content (AvgIpc) is 2.93. The molecule has 2 aromatic rings. The maximum atomic E-state index is 12.5. The van der Waals surface area contributed by atoms with Crippen LogP contribution in [0, 0.1) is 6.92 Å². The van der Waals surface area contributed by atoms with Crippen molar-refractivity contribution in [2.45, 2.75) is 26.3 Å². The summed E-state index contributed by atoms with van der Waals surface area (Å²) in [6, 6.07) is 9.27. The van der Waals surface area contributed by atoms with Crippen molar-refractivity contribution in [3.63, 3.8) is 0 Å². The molecule has 0 aliphatic rings. The summed E-state index contributed by atoms with van der Waals surface area (Å²) in [7, 11) is 1.81. The van der Waals surface area contributed by atoms with E-state index in [0.717, 1.165) is 6.42 Å². The second-order valence-corrected chi connectivity index (χ2v) is 6.03. The second kappa shape index (κ2) is 6.09.